The van der Waals surface area contributed by atoms with Crippen molar-refractivity contribution in [3.63, 3.8) is 0 Å². The van der Waals surface area contributed by atoms with Gasteiger partial charge in [0.2, 0.25) is 10.0 Å². The Labute approximate surface area is 155 Å². The van der Waals surface area contributed by atoms with E-state index >= 15 is 0 Å². The third kappa shape index (κ3) is 3.79. The second-order valence-corrected chi connectivity index (χ2v) is 8.78. The molecule has 0 radical (unpaired) electrons. The Morgan fingerprint density at radius 3 is 2.33 bits per heavy atom. The number of halogens is 1. The number of sulfonamides is 1. The number of amides is 1. The molecular weight excluding hydrogens is 439 g/mol. The summed E-state index contributed by atoms with van der Waals surface area (Å²) in [6.07, 6.45) is 1.81. The smallest absolute Gasteiger partial charge is 0.255 e. The number of hydrogen-bond acceptors (Lipinski definition) is 3. The van der Waals surface area contributed by atoms with Gasteiger partial charge in [-0.1, -0.05) is 6.07 Å². The molecule has 1 amide bonds. The normalized spacial score (nSPS) is 15.4. The third-order valence-corrected chi connectivity index (χ3v) is 6.49. The van der Waals surface area contributed by atoms with E-state index in [-0.39, 0.29) is 10.8 Å². The van der Waals surface area contributed by atoms with E-state index in [1.54, 1.807) is 24.3 Å². The molecule has 0 bridgehead atoms. The Bertz CT molecular complexity index is 844. The summed E-state index contributed by atoms with van der Waals surface area (Å²) in [5.41, 5.74) is 1.13. The van der Waals surface area contributed by atoms with Gasteiger partial charge in [-0.2, -0.15) is 4.31 Å². The molecule has 1 fully saturated rings. The van der Waals surface area contributed by atoms with Crippen LogP contribution in [0, 0.1) is 3.57 Å². The van der Waals surface area contributed by atoms with E-state index in [9.17, 15) is 13.2 Å². The SMILES string of the molecule is O=C(Nc1ccc(S(=O)(=O)N2CCCC2)cc1)c1cccc(I)c1. The van der Waals surface area contributed by atoms with E-state index < -0.39 is 10.0 Å². The molecule has 0 spiro atoms. The van der Waals surface area contributed by atoms with E-state index in [0.29, 0.717) is 24.3 Å². The van der Waals surface area contributed by atoms with Crippen LogP contribution in [-0.2, 0) is 10.0 Å². The predicted molar refractivity (Wildman–Crippen MR) is 102 cm³/mol. The molecule has 0 saturated carbocycles. The summed E-state index contributed by atoms with van der Waals surface area (Å²) in [4.78, 5) is 12.5. The molecule has 0 aromatic heterocycles. The third-order valence-electron chi connectivity index (χ3n) is 3.90. The zero-order valence-corrected chi connectivity index (χ0v) is 15.9. The highest BCUT2D eigenvalue weighted by Crippen LogP contribution is 2.22. The number of benzene rings is 2. The fourth-order valence-electron chi connectivity index (χ4n) is 2.62. The second kappa shape index (κ2) is 7.20. The van der Waals surface area contributed by atoms with Gasteiger partial charge in [0.05, 0.1) is 4.90 Å². The first-order valence-electron chi connectivity index (χ1n) is 7.64. The highest BCUT2D eigenvalue weighted by atomic mass is 127. The van der Waals surface area contributed by atoms with Crippen molar-refractivity contribution in [3.05, 3.63) is 57.7 Å². The number of carbonyl (C=O) groups excluding carboxylic acids is 1. The standard InChI is InChI=1S/C17H17IN2O3S/c18-14-5-3-4-13(12-14)17(21)19-15-6-8-16(9-7-15)24(22,23)20-10-1-2-11-20/h3-9,12H,1-2,10-11H2,(H,19,21). The van der Waals surface area contributed by atoms with Gasteiger partial charge in [-0.3, -0.25) is 4.79 Å². The van der Waals surface area contributed by atoms with Gasteiger partial charge >= 0.3 is 0 Å². The summed E-state index contributed by atoms with van der Waals surface area (Å²) in [6, 6.07) is 13.6. The van der Waals surface area contributed by atoms with Crippen LogP contribution in [0.25, 0.3) is 0 Å². The minimum atomic E-state index is -3.42. The highest BCUT2D eigenvalue weighted by Gasteiger charge is 2.26. The molecule has 2 aromatic rings. The van der Waals surface area contributed by atoms with E-state index in [4.69, 9.17) is 0 Å². The Balaban J connectivity index is 1.74. The van der Waals surface area contributed by atoms with Crippen LogP contribution in [-0.4, -0.2) is 31.7 Å². The van der Waals surface area contributed by atoms with Crippen LogP contribution < -0.4 is 5.32 Å². The monoisotopic (exact) mass is 456 g/mol. The lowest BCUT2D eigenvalue weighted by Gasteiger charge is -2.15. The molecule has 126 valence electrons. The fraction of sp³-hybridized carbons (Fsp3) is 0.235. The molecule has 0 atom stereocenters. The minimum absolute atomic E-state index is 0.219. The number of nitrogens with zero attached hydrogens (tertiary/aromatic N) is 1. The number of anilines is 1. The topological polar surface area (TPSA) is 66.5 Å². The number of hydrogen-bond donors (Lipinski definition) is 1. The van der Waals surface area contributed by atoms with Gasteiger partial charge in [0.15, 0.2) is 0 Å². The van der Waals surface area contributed by atoms with Crippen molar-refractivity contribution in [2.45, 2.75) is 17.7 Å². The van der Waals surface area contributed by atoms with E-state index in [2.05, 4.69) is 27.9 Å². The van der Waals surface area contributed by atoms with Crippen molar-refractivity contribution in [3.8, 4) is 0 Å². The summed E-state index contributed by atoms with van der Waals surface area (Å²) in [5.74, 6) is -0.219. The Morgan fingerprint density at radius 2 is 1.71 bits per heavy atom. The molecule has 3 rings (SSSR count). The van der Waals surface area contributed by atoms with Crippen LogP contribution in [0.1, 0.15) is 23.2 Å². The molecule has 0 unspecified atom stereocenters. The van der Waals surface area contributed by atoms with Crippen LogP contribution in [0.4, 0.5) is 5.69 Å². The summed E-state index contributed by atoms with van der Waals surface area (Å²) in [5, 5.41) is 2.78. The first-order valence-corrected chi connectivity index (χ1v) is 10.2. The quantitative estimate of drug-likeness (QED) is 0.718. The fourth-order valence-corrected chi connectivity index (χ4v) is 4.68. The molecule has 1 saturated heterocycles. The predicted octanol–water partition coefficient (Wildman–Crippen LogP) is 3.33. The first-order chi connectivity index (χ1) is 11.5. The van der Waals surface area contributed by atoms with Crippen LogP contribution in [0.15, 0.2) is 53.4 Å². The van der Waals surface area contributed by atoms with Crippen molar-refractivity contribution < 1.29 is 13.2 Å². The van der Waals surface area contributed by atoms with Crippen molar-refractivity contribution in [1.29, 1.82) is 0 Å². The maximum Gasteiger partial charge on any atom is 0.255 e. The summed E-state index contributed by atoms with van der Waals surface area (Å²) in [7, 11) is -3.42. The highest BCUT2D eigenvalue weighted by molar-refractivity contribution is 14.1. The van der Waals surface area contributed by atoms with Gasteiger partial charge in [0.1, 0.15) is 0 Å². The molecule has 7 heteroatoms. The summed E-state index contributed by atoms with van der Waals surface area (Å²) in [6.45, 7) is 1.15. The van der Waals surface area contributed by atoms with Crippen LogP contribution >= 0.6 is 22.6 Å². The van der Waals surface area contributed by atoms with Gasteiger partial charge in [-0.25, -0.2) is 8.42 Å². The van der Waals surface area contributed by atoms with Gasteiger partial charge in [0.25, 0.3) is 5.91 Å². The largest absolute Gasteiger partial charge is 0.322 e. The second-order valence-electron chi connectivity index (χ2n) is 5.60. The van der Waals surface area contributed by atoms with Crippen LogP contribution in [0.3, 0.4) is 0 Å². The van der Waals surface area contributed by atoms with Crippen molar-refractivity contribution in [2.24, 2.45) is 0 Å². The molecule has 1 aliphatic rings. The van der Waals surface area contributed by atoms with Gasteiger partial charge in [-0.15, -0.1) is 0 Å². The van der Waals surface area contributed by atoms with Crippen LogP contribution in [0.5, 0.6) is 0 Å². The zero-order valence-electron chi connectivity index (χ0n) is 12.9. The molecule has 0 aliphatic carbocycles. The maximum atomic E-state index is 12.5. The Hall–Kier alpha value is -1.45. The average Bonchev–Trinajstić information content (AvgIpc) is 3.10. The Kier molecular flexibility index (Phi) is 5.21. The Morgan fingerprint density at radius 1 is 1.04 bits per heavy atom. The number of carbonyl (C=O) groups is 1. The molecule has 5 nitrogen and oxygen atoms in total. The van der Waals surface area contributed by atoms with E-state index in [1.165, 1.54) is 16.4 Å². The van der Waals surface area contributed by atoms with Crippen molar-refractivity contribution in [2.75, 3.05) is 18.4 Å². The zero-order chi connectivity index (χ0) is 17.2. The van der Waals surface area contributed by atoms with Crippen molar-refractivity contribution in [1.82, 2.24) is 4.31 Å². The lowest BCUT2D eigenvalue weighted by Crippen LogP contribution is -2.27. The number of rotatable bonds is 4. The van der Waals surface area contributed by atoms with E-state index in [1.807, 2.05) is 12.1 Å². The molecule has 1 heterocycles. The average molecular weight is 456 g/mol. The van der Waals surface area contributed by atoms with Gasteiger partial charge < -0.3 is 5.32 Å². The van der Waals surface area contributed by atoms with Crippen LogP contribution in [0.2, 0.25) is 0 Å². The van der Waals surface area contributed by atoms with Gasteiger partial charge in [0, 0.05) is 27.9 Å². The molecular formula is C17H17IN2O3S. The summed E-state index contributed by atoms with van der Waals surface area (Å²) < 4.78 is 27.4. The van der Waals surface area contributed by atoms with Gasteiger partial charge in [-0.05, 0) is 77.9 Å². The lowest BCUT2D eigenvalue weighted by atomic mass is 10.2. The molecule has 1 N–H and O–H groups in total. The van der Waals surface area contributed by atoms with Crippen molar-refractivity contribution >= 4 is 44.2 Å². The molecule has 1 aliphatic heterocycles. The first kappa shape index (κ1) is 17.4. The summed E-state index contributed by atoms with van der Waals surface area (Å²) >= 11 is 2.15. The molecule has 2 aromatic carbocycles. The van der Waals surface area contributed by atoms with E-state index in [0.717, 1.165) is 16.4 Å². The lowest BCUT2D eigenvalue weighted by molar-refractivity contribution is 0.102. The maximum absolute atomic E-state index is 12.5. The number of nitrogens with one attached hydrogen (secondary N) is 1. The minimum Gasteiger partial charge on any atom is -0.322 e. The molecule has 24 heavy (non-hydrogen) atoms.